The number of amides is 1. The first-order chi connectivity index (χ1) is 19.6. The summed E-state index contributed by atoms with van der Waals surface area (Å²) in [7, 11) is 0. The number of aliphatic imine (C=N–C) groups is 1. The summed E-state index contributed by atoms with van der Waals surface area (Å²) >= 11 is 6.27. The smallest absolute Gasteiger partial charge is 0.299 e. The first-order valence-electron chi connectivity index (χ1n) is 13.2. The van der Waals surface area contributed by atoms with Crippen LogP contribution >= 0.6 is 11.6 Å². The first-order valence-corrected chi connectivity index (χ1v) is 13.5. The van der Waals surface area contributed by atoms with Crippen LogP contribution in [0.2, 0.25) is 5.02 Å². The lowest BCUT2D eigenvalue weighted by atomic mass is 10.1. The predicted molar refractivity (Wildman–Crippen MR) is 154 cm³/mol. The second kappa shape index (κ2) is 10.9. The third kappa shape index (κ3) is 4.84. The molecule has 4 aromatic rings. The van der Waals surface area contributed by atoms with E-state index in [9.17, 15) is 9.70 Å². The predicted octanol–water partition coefficient (Wildman–Crippen LogP) is 5.82. The second-order valence-electron chi connectivity index (χ2n) is 9.74. The molecule has 0 unspecified atom stereocenters. The molecule has 1 aromatic heterocycles. The van der Waals surface area contributed by atoms with Gasteiger partial charge in [-0.1, -0.05) is 78.3 Å². The van der Waals surface area contributed by atoms with E-state index in [1.165, 1.54) is 5.56 Å². The average molecular weight is 555 g/mol. The monoisotopic (exact) mass is 554 g/mol. The molecular formula is C30H27ClN6O3. The highest BCUT2D eigenvalue weighted by Gasteiger charge is 2.43. The molecule has 0 spiro atoms. The quantitative estimate of drug-likeness (QED) is 0.243. The summed E-state index contributed by atoms with van der Waals surface area (Å²) in [6, 6.07) is 25.3. The van der Waals surface area contributed by atoms with Gasteiger partial charge in [0.25, 0.3) is 11.9 Å². The van der Waals surface area contributed by atoms with Crippen molar-refractivity contribution >= 4 is 35.0 Å². The van der Waals surface area contributed by atoms with E-state index < -0.39 is 0 Å². The molecule has 0 radical (unpaired) electrons. The van der Waals surface area contributed by atoms with Gasteiger partial charge in [-0.15, -0.1) is 4.91 Å². The van der Waals surface area contributed by atoms with E-state index in [1.807, 2.05) is 60.4 Å². The third-order valence-electron chi connectivity index (χ3n) is 7.08. The lowest BCUT2D eigenvalue weighted by molar-refractivity contribution is 0.0835. The molecule has 1 atom stereocenters. The summed E-state index contributed by atoms with van der Waals surface area (Å²) in [4.78, 5) is 38.5. The van der Waals surface area contributed by atoms with Crippen LogP contribution in [-0.2, 0) is 19.6 Å². The molecule has 3 aromatic carbocycles. The largest absolute Gasteiger partial charge is 0.460 e. The molecule has 3 heterocycles. The summed E-state index contributed by atoms with van der Waals surface area (Å²) in [5, 5.41) is 3.20. The molecule has 2 aliphatic rings. The number of hydrogen-bond donors (Lipinski definition) is 0. The Morgan fingerprint density at radius 2 is 1.73 bits per heavy atom. The molecule has 10 heteroatoms. The van der Waals surface area contributed by atoms with Crippen molar-refractivity contribution in [2.45, 2.75) is 32.5 Å². The van der Waals surface area contributed by atoms with Crippen molar-refractivity contribution in [3.05, 3.63) is 111 Å². The van der Waals surface area contributed by atoms with Gasteiger partial charge in [0.05, 0.1) is 24.2 Å². The second-order valence-corrected chi connectivity index (χ2v) is 10.1. The van der Waals surface area contributed by atoms with E-state index in [0.717, 1.165) is 17.5 Å². The average Bonchev–Trinajstić information content (AvgIpc) is 3.55. The van der Waals surface area contributed by atoms with Gasteiger partial charge in [0, 0.05) is 6.54 Å². The van der Waals surface area contributed by atoms with E-state index in [0.29, 0.717) is 36.6 Å². The van der Waals surface area contributed by atoms with Crippen LogP contribution in [0.1, 0.15) is 34.1 Å². The maximum Gasteiger partial charge on any atom is 0.299 e. The number of rotatable bonds is 9. The Hall–Kier alpha value is -4.50. The van der Waals surface area contributed by atoms with Crippen molar-refractivity contribution in [2.24, 2.45) is 10.2 Å². The lowest BCUT2D eigenvalue weighted by Gasteiger charge is -2.32. The number of ether oxygens (including phenoxy) is 1. The zero-order valence-electron chi connectivity index (χ0n) is 21.9. The van der Waals surface area contributed by atoms with Crippen LogP contribution in [0.5, 0.6) is 6.01 Å². The molecule has 40 heavy (non-hydrogen) atoms. The summed E-state index contributed by atoms with van der Waals surface area (Å²) in [6.45, 7) is 3.55. The van der Waals surface area contributed by atoms with Crippen LogP contribution in [0, 0.1) is 4.91 Å². The number of hydrogen-bond acceptors (Lipinski definition) is 7. The molecule has 6 rings (SSSR count). The van der Waals surface area contributed by atoms with Gasteiger partial charge < -0.3 is 4.74 Å². The van der Waals surface area contributed by atoms with Gasteiger partial charge in [-0.25, -0.2) is 4.99 Å². The number of anilines is 1. The number of carbonyl (C=O) groups is 1. The number of benzene rings is 3. The Morgan fingerprint density at radius 3 is 2.40 bits per heavy atom. The minimum Gasteiger partial charge on any atom is -0.460 e. The van der Waals surface area contributed by atoms with Gasteiger partial charge in [0.2, 0.25) is 5.96 Å². The fraction of sp³-hybridized carbons (Fsp3) is 0.233. The Kier molecular flexibility index (Phi) is 7.04. The van der Waals surface area contributed by atoms with Gasteiger partial charge in [0.1, 0.15) is 12.3 Å². The van der Waals surface area contributed by atoms with E-state index in [4.69, 9.17) is 26.3 Å². The number of nitroso groups, excluding NO2 is 1. The summed E-state index contributed by atoms with van der Waals surface area (Å²) in [5.41, 5.74) is 3.54. The van der Waals surface area contributed by atoms with Crippen LogP contribution in [-0.4, -0.2) is 45.4 Å². The third-order valence-corrected chi connectivity index (χ3v) is 7.39. The van der Waals surface area contributed by atoms with E-state index in [-0.39, 0.29) is 35.8 Å². The fourth-order valence-electron chi connectivity index (χ4n) is 5.17. The number of guanidine groups is 1. The van der Waals surface area contributed by atoms with Crippen LogP contribution in [0.3, 0.4) is 0 Å². The highest BCUT2D eigenvalue weighted by Crippen LogP contribution is 2.36. The number of carbonyl (C=O) groups excluding carboxylic acids is 1. The lowest BCUT2D eigenvalue weighted by Crippen LogP contribution is -2.50. The van der Waals surface area contributed by atoms with Gasteiger partial charge in [-0.05, 0) is 47.3 Å². The standard InChI is InChI=1S/C30H27ClN6O3/c1-2-35-28(38)26-27(37-18-23(32-29(35)37)15-20-9-5-3-6-10-20)33-30(40-19-21-11-7-4-8-12-21)36(26)17-22-13-14-25(34-39)24(31)16-22/h3-14,16,23H,2,15,17-19H2,1H3/t23-/m1/s1. The number of halogens is 1. The normalized spacial score (nSPS) is 16.0. The molecule has 2 aliphatic heterocycles. The minimum absolute atomic E-state index is 0.0220. The molecule has 0 fully saturated rings. The van der Waals surface area contributed by atoms with E-state index in [2.05, 4.69) is 17.3 Å². The molecule has 9 nitrogen and oxygen atoms in total. The molecular weight excluding hydrogens is 528 g/mol. The fourth-order valence-corrected chi connectivity index (χ4v) is 5.40. The molecule has 1 amide bonds. The van der Waals surface area contributed by atoms with Gasteiger partial charge in [-0.3, -0.25) is 19.2 Å². The maximum atomic E-state index is 13.9. The highest BCUT2D eigenvalue weighted by atomic mass is 35.5. The summed E-state index contributed by atoms with van der Waals surface area (Å²) < 4.78 is 8.01. The Bertz CT molecular complexity index is 1590. The number of aromatic nitrogens is 2. The number of fused-ring (bicyclic) bond motifs is 3. The van der Waals surface area contributed by atoms with Gasteiger partial charge in [-0.2, -0.15) is 4.98 Å². The van der Waals surface area contributed by atoms with Gasteiger partial charge in [0.15, 0.2) is 11.5 Å². The van der Waals surface area contributed by atoms with Crippen molar-refractivity contribution in [2.75, 3.05) is 18.0 Å². The Morgan fingerprint density at radius 1 is 1.00 bits per heavy atom. The van der Waals surface area contributed by atoms with Crippen molar-refractivity contribution in [1.82, 2.24) is 14.5 Å². The van der Waals surface area contributed by atoms with Crippen molar-refractivity contribution < 1.29 is 9.53 Å². The molecule has 202 valence electrons. The molecule has 0 N–H and O–H groups in total. The van der Waals surface area contributed by atoms with Crippen LogP contribution in [0.4, 0.5) is 11.5 Å². The zero-order valence-corrected chi connectivity index (χ0v) is 22.7. The van der Waals surface area contributed by atoms with Crippen molar-refractivity contribution in [3.8, 4) is 6.01 Å². The Balaban J connectivity index is 1.39. The van der Waals surface area contributed by atoms with Crippen LogP contribution < -0.4 is 9.64 Å². The van der Waals surface area contributed by atoms with Crippen molar-refractivity contribution in [1.29, 1.82) is 0 Å². The van der Waals surface area contributed by atoms with Crippen molar-refractivity contribution in [3.63, 3.8) is 0 Å². The molecule has 0 saturated carbocycles. The first kappa shape index (κ1) is 25.8. The number of nitrogens with zero attached hydrogens (tertiary/aromatic N) is 6. The van der Waals surface area contributed by atoms with E-state index >= 15 is 0 Å². The van der Waals surface area contributed by atoms with Crippen LogP contribution in [0.25, 0.3) is 0 Å². The molecule has 0 aliphatic carbocycles. The topological polar surface area (TPSA) is 92.4 Å². The Labute approximate surface area is 236 Å². The minimum atomic E-state index is -0.188. The van der Waals surface area contributed by atoms with E-state index in [1.54, 1.807) is 27.7 Å². The SMILES string of the molecule is CCN1C(=O)c2c(nc(OCc3ccccc3)n2Cc2ccc(N=O)c(Cl)c2)N2C[C@@H](Cc3ccccc3)N=C12. The molecule has 0 saturated heterocycles. The summed E-state index contributed by atoms with van der Waals surface area (Å²) in [5.74, 6) is 0.959. The van der Waals surface area contributed by atoms with Crippen LogP contribution in [0.15, 0.2) is 89.0 Å². The molecule has 0 bridgehead atoms. The highest BCUT2D eigenvalue weighted by molar-refractivity contribution is 6.33. The van der Waals surface area contributed by atoms with Gasteiger partial charge >= 0.3 is 0 Å². The number of imidazole rings is 1. The zero-order chi connectivity index (χ0) is 27.6. The maximum absolute atomic E-state index is 13.9. The summed E-state index contributed by atoms with van der Waals surface area (Å²) in [6.07, 6.45) is 0.760.